The number of aryl methyl sites for hydroxylation is 1. The number of aromatic nitrogens is 2. The minimum Gasteiger partial charge on any atom is -0.339 e. The quantitative estimate of drug-likeness (QED) is 0.851. The summed E-state index contributed by atoms with van der Waals surface area (Å²) in [4.78, 5) is 33.3. The molecule has 1 aromatic carbocycles. The van der Waals surface area contributed by atoms with Gasteiger partial charge in [0.1, 0.15) is 12.4 Å². The van der Waals surface area contributed by atoms with Crippen LogP contribution < -0.4 is 0 Å². The molecule has 132 valence electrons. The predicted octanol–water partition coefficient (Wildman–Crippen LogP) is 1.68. The number of carbonyl (C=O) groups excluding carboxylic acids is 2. The zero-order chi connectivity index (χ0) is 17.4. The molecule has 2 fully saturated rings. The van der Waals surface area contributed by atoms with Crippen molar-refractivity contribution in [2.75, 3.05) is 26.2 Å². The van der Waals surface area contributed by atoms with Gasteiger partial charge in [0, 0.05) is 38.5 Å². The van der Waals surface area contributed by atoms with Crippen LogP contribution in [0.15, 0.2) is 24.3 Å². The number of para-hydroxylation sites is 2. The molecule has 0 radical (unpaired) electrons. The van der Waals surface area contributed by atoms with Crippen molar-refractivity contribution in [2.45, 2.75) is 32.7 Å². The molecule has 6 heteroatoms. The van der Waals surface area contributed by atoms with Crippen LogP contribution in [-0.4, -0.2) is 57.3 Å². The fourth-order valence-corrected chi connectivity index (χ4v) is 3.57. The van der Waals surface area contributed by atoms with Crippen LogP contribution >= 0.6 is 0 Å². The van der Waals surface area contributed by atoms with Crippen LogP contribution in [0.2, 0.25) is 0 Å². The zero-order valence-electron chi connectivity index (χ0n) is 14.6. The van der Waals surface area contributed by atoms with E-state index in [9.17, 15) is 9.59 Å². The molecule has 1 aliphatic heterocycles. The maximum atomic E-state index is 12.8. The number of piperazine rings is 1. The molecular formula is C19H24N4O2. The van der Waals surface area contributed by atoms with Gasteiger partial charge < -0.3 is 14.4 Å². The molecular weight excluding hydrogens is 316 g/mol. The molecule has 1 aliphatic carbocycles. The Kier molecular flexibility index (Phi) is 4.19. The summed E-state index contributed by atoms with van der Waals surface area (Å²) < 4.78 is 2.03. The van der Waals surface area contributed by atoms with E-state index in [4.69, 9.17) is 0 Å². The molecule has 25 heavy (non-hydrogen) atoms. The van der Waals surface area contributed by atoms with Gasteiger partial charge in [0.15, 0.2) is 0 Å². The van der Waals surface area contributed by atoms with Crippen molar-refractivity contribution >= 4 is 22.8 Å². The first-order valence-corrected chi connectivity index (χ1v) is 9.18. The number of fused-ring (bicyclic) bond motifs is 1. The first kappa shape index (κ1) is 16.1. The Morgan fingerprint density at radius 3 is 2.44 bits per heavy atom. The lowest BCUT2D eigenvalue weighted by Gasteiger charge is -2.35. The van der Waals surface area contributed by atoms with E-state index in [0.29, 0.717) is 32.7 Å². The van der Waals surface area contributed by atoms with Crippen LogP contribution in [0.4, 0.5) is 0 Å². The SMILES string of the molecule is CCc1nc2ccccc2n1CC(=O)N1CCN(C(=O)C2CC2)CC1. The third kappa shape index (κ3) is 3.13. The Hall–Kier alpha value is -2.37. The number of benzene rings is 1. The maximum Gasteiger partial charge on any atom is 0.242 e. The van der Waals surface area contributed by atoms with Gasteiger partial charge in [-0.1, -0.05) is 19.1 Å². The lowest BCUT2D eigenvalue weighted by molar-refractivity contribution is -0.140. The number of amides is 2. The van der Waals surface area contributed by atoms with Crippen LogP contribution in [0.5, 0.6) is 0 Å². The van der Waals surface area contributed by atoms with E-state index in [-0.39, 0.29) is 17.7 Å². The lowest BCUT2D eigenvalue weighted by atomic mass is 10.2. The minimum atomic E-state index is 0.108. The fourth-order valence-electron chi connectivity index (χ4n) is 3.57. The molecule has 4 rings (SSSR count). The first-order valence-electron chi connectivity index (χ1n) is 9.18. The molecule has 6 nitrogen and oxygen atoms in total. The van der Waals surface area contributed by atoms with Gasteiger partial charge in [-0.25, -0.2) is 4.98 Å². The highest BCUT2D eigenvalue weighted by molar-refractivity contribution is 5.83. The second-order valence-corrected chi connectivity index (χ2v) is 6.94. The van der Waals surface area contributed by atoms with E-state index in [2.05, 4.69) is 11.9 Å². The third-order valence-corrected chi connectivity index (χ3v) is 5.21. The summed E-state index contributed by atoms with van der Waals surface area (Å²) in [5.74, 6) is 1.58. The summed E-state index contributed by atoms with van der Waals surface area (Å²) in [6.07, 6.45) is 2.86. The van der Waals surface area contributed by atoms with Gasteiger partial charge in [-0.3, -0.25) is 9.59 Å². The molecule has 2 aromatic rings. The van der Waals surface area contributed by atoms with E-state index < -0.39 is 0 Å². The highest BCUT2D eigenvalue weighted by atomic mass is 16.2. The molecule has 0 unspecified atom stereocenters. The normalized spacial score (nSPS) is 18.0. The average Bonchev–Trinajstić information content (AvgIpc) is 3.44. The number of hydrogen-bond donors (Lipinski definition) is 0. The summed E-state index contributed by atoms with van der Waals surface area (Å²) in [5, 5.41) is 0. The van der Waals surface area contributed by atoms with Gasteiger partial charge in [0.2, 0.25) is 11.8 Å². The predicted molar refractivity (Wildman–Crippen MR) is 95.0 cm³/mol. The molecule has 2 amide bonds. The highest BCUT2D eigenvalue weighted by Crippen LogP contribution is 2.31. The molecule has 1 saturated heterocycles. The molecule has 0 atom stereocenters. The number of nitrogens with zero attached hydrogens (tertiary/aromatic N) is 4. The van der Waals surface area contributed by atoms with Crippen molar-refractivity contribution < 1.29 is 9.59 Å². The monoisotopic (exact) mass is 340 g/mol. The topological polar surface area (TPSA) is 58.4 Å². The van der Waals surface area contributed by atoms with Crippen molar-refractivity contribution in [2.24, 2.45) is 5.92 Å². The summed E-state index contributed by atoms with van der Waals surface area (Å²) in [6, 6.07) is 7.95. The standard InChI is InChI=1S/C19H24N4O2/c1-2-17-20-15-5-3-4-6-16(15)23(17)13-18(24)21-9-11-22(12-10-21)19(25)14-7-8-14/h3-6,14H,2,7-13H2,1H3. The Balaban J connectivity index is 1.43. The molecule has 0 spiro atoms. The van der Waals surface area contributed by atoms with Crippen LogP contribution in [0.25, 0.3) is 11.0 Å². The van der Waals surface area contributed by atoms with Crippen LogP contribution in [-0.2, 0) is 22.6 Å². The highest BCUT2D eigenvalue weighted by Gasteiger charge is 2.35. The van der Waals surface area contributed by atoms with Crippen molar-refractivity contribution in [3.8, 4) is 0 Å². The third-order valence-electron chi connectivity index (χ3n) is 5.21. The smallest absolute Gasteiger partial charge is 0.242 e. The van der Waals surface area contributed by atoms with Crippen molar-refractivity contribution in [1.29, 1.82) is 0 Å². The maximum absolute atomic E-state index is 12.8. The lowest BCUT2D eigenvalue weighted by Crippen LogP contribution is -2.51. The van der Waals surface area contributed by atoms with Gasteiger partial charge in [0.25, 0.3) is 0 Å². The summed E-state index contributed by atoms with van der Waals surface area (Å²) in [5.41, 5.74) is 1.95. The number of carbonyl (C=O) groups is 2. The molecule has 0 bridgehead atoms. The van der Waals surface area contributed by atoms with E-state index in [1.165, 1.54) is 0 Å². The number of hydrogen-bond acceptors (Lipinski definition) is 3. The molecule has 1 saturated carbocycles. The zero-order valence-corrected chi connectivity index (χ0v) is 14.6. The first-order chi connectivity index (χ1) is 12.2. The van der Waals surface area contributed by atoms with Crippen LogP contribution in [0.1, 0.15) is 25.6 Å². The van der Waals surface area contributed by atoms with Gasteiger partial charge in [0.05, 0.1) is 11.0 Å². The summed E-state index contributed by atoms with van der Waals surface area (Å²) in [7, 11) is 0. The average molecular weight is 340 g/mol. The molecule has 1 aromatic heterocycles. The van der Waals surface area contributed by atoms with Crippen molar-refractivity contribution in [1.82, 2.24) is 19.4 Å². The largest absolute Gasteiger partial charge is 0.339 e. The molecule has 0 N–H and O–H groups in total. The second kappa shape index (κ2) is 6.50. The summed E-state index contributed by atoms with van der Waals surface area (Å²) >= 11 is 0. The number of imidazole rings is 1. The fraction of sp³-hybridized carbons (Fsp3) is 0.526. The van der Waals surface area contributed by atoms with Gasteiger partial charge in [-0.15, -0.1) is 0 Å². The summed E-state index contributed by atoms with van der Waals surface area (Å²) in [6.45, 7) is 4.96. The Morgan fingerprint density at radius 1 is 1.08 bits per heavy atom. The van der Waals surface area contributed by atoms with Gasteiger partial charge in [-0.05, 0) is 25.0 Å². The Bertz CT molecular complexity index is 801. The van der Waals surface area contributed by atoms with E-state index >= 15 is 0 Å². The van der Waals surface area contributed by atoms with E-state index in [1.807, 2.05) is 38.6 Å². The van der Waals surface area contributed by atoms with Gasteiger partial charge >= 0.3 is 0 Å². The van der Waals surface area contributed by atoms with Gasteiger partial charge in [-0.2, -0.15) is 0 Å². The number of rotatable bonds is 4. The Morgan fingerprint density at radius 2 is 1.76 bits per heavy atom. The van der Waals surface area contributed by atoms with E-state index in [0.717, 1.165) is 36.1 Å². The molecule has 2 heterocycles. The second-order valence-electron chi connectivity index (χ2n) is 6.94. The molecule has 2 aliphatic rings. The Labute approximate surface area is 147 Å². The minimum absolute atomic E-state index is 0.108. The van der Waals surface area contributed by atoms with Crippen molar-refractivity contribution in [3.63, 3.8) is 0 Å². The van der Waals surface area contributed by atoms with E-state index in [1.54, 1.807) is 0 Å². The van der Waals surface area contributed by atoms with Crippen LogP contribution in [0.3, 0.4) is 0 Å². The van der Waals surface area contributed by atoms with Crippen LogP contribution in [0, 0.1) is 5.92 Å². The van der Waals surface area contributed by atoms with Crippen molar-refractivity contribution in [3.05, 3.63) is 30.1 Å².